The van der Waals surface area contributed by atoms with Crippen molar-refractivity contribution in [2.45, 2.75) is 0 Å². The van der Waals surface area contributed by atoms with Gasteiger partial charge in [0.05, 0.1) is 27.8 Å². The Morgan fingerprint density at radius 2 is 0.582 bits per heavy atom. The third-order valence-corrected chi connectivity index (χ3v) is 24.9. The van der Waals surface area contributed by atoms with Gasteiger partial charge in [-0.25, -0.2) is 0 Å². The first-order valence-corrected chi connectivity index (χ1v) is 39.2. The Balaban J connectivity index is 0.624. The topological polar surface area (TPSA) is 16.3 Å². The van der Waals surface area contributed by atoms with Gasteiger partial charge >= 0.3 is 0 Å². The number of anilines is 6. The van der Waals surface area contributed by atoms with E-state index in [-0.39, 0.29) is 0 Å². The Kier molecular flexibility index (Phi) is 15.0. The molecule has 4 heterocycles. The molecule has 0 radical (unpaired) electrons. The zero-order valence-corrected chi connectivity index (χ0v) is 61.3. The van der Waals surface area contributed by atoms with Crippen LogP contribution in [0.3, 0.4) is 0 Å². The van der Waals surface area contributed by atoms with Gasteiger partial charge in [-0.1, -0.05) is 255 Å². The van der Waals surface area contributed by atoms with Crippen LogP contribution < -0.4 is 9.80 Å². The summed E-state index contributed by atoms with van der Waals surface area (Å²) in [6.45, 7) is 0. The molecule has 0 bridgehead atoms. The molecule has 110 heavy (non-hydrogen) atoms. The third-order valence-electron chi connectivity index (χ3n) is 22.4. The van der Waals surface area contributed by atoms with E-state index in [1.165, 1.54) is 133 Å². The summed E-state index contributed by atoms with van der Waals surface area (Å²) < 4.78 is 10.1. The molecule has 0 fully saturated rings. The summed E-state index contributed by atoms with van der Waals surface area (Å²) >= 11 is 3.76. The van der Waals surface area contributed by atoms with E-state index in [9.17, 15) is 0 Å². The first kappa shape index (κ1) is 63.4. The fourth-order valence-electron chi connectivity index (χ4n) is 17.2. The fourth-order valence-corrected chi connectivity index (χ4v) is 19.7. The summed E-state index contributed by atoms with van der Waals surface area (Å²) in [4.78, 5) is 4.80. The molecule has 0 atom stereocenters. The molecule has 4 aromatic heterocycles. The van der Waals surface area contributed by atoms with Crippen molar-refractivity contribution in [2.24, 2.45) is 0 Å². The number of hydrogen-bond donors (Lipinski definition) is 0. The molecule has 0 N–H and O–H groups in total. The number of nitrogens with zero attached hydrogens (tertiary/aromatic N) is 4. The van der Waals surface area contributed by atoms with E-state index in [2.05, 4.69) is 419 Å². The van der Waals surface area contributed by atoms with Crippen molar-refractivity contribution in [2.75, 3.05) is 9.80 Å². The first-order chi connectivity index (χ1) is 54.5. The van der Waals surface area contributed by atoms with Gasteiger partial charge < -0.3 is 18.9 Å². The number of thiophene rings is 2. The summed E-state index contributed by atoms with van der Waals surface area (Å²) in [5.41, 5.74) is 25.3. The van der Waals surface area contributed by atoms with E-state index in [4.69, 9.17) is 0 Å². The Hall–Kier alpha value is -13.9. The number of fused-ring (bicyclic) bond motifs is 14. The van der Waals surface area contributed by atoms with Crippen LogP contribution in [0, 0.1) is 0 Å². The highest BCUT2D eigenvalue weighted by Crippen LogP contribution is 2.49. The lowest BCUT2D eigenvalue weighted by molar-refractivity contribution is 1.19. The minimum absolute atomic E-state index is 1.07. The van der Waals surface area contributed by atoms with Crippen molar-refractivity contribution in [1.29, 1.82) is 0 Å². The van der Waals surface area contributed by atoms with Crippen molar-refractivity contribution in [1.82, 2.24) is 9.13 Å². The van der Waals surface area contributed by atoms with Crippen molar-refractivity contribution in [3.05, 3.63) is 400 Å². The van der Waals surface area contributed by atoms with Gasteiger partial charge in [-0.15, -0.1) is 22.7 Å². The zero-order valence-electron chi connectivity index (χ0n) is 59.7. The minimum atomic E-state index is 1.07. The first-order valence-electron chi connectivity index (χ1n) is 37.6. The van der Waals surface area contributed by atoms with Crippen LogP contribution in [0.4, 0.5) is 34.1 Å². The summed E-state index contributed by atoms with van der Waals surface area (Å²) in [7, 11) is 0. The van der Waals surface area contributed by atoms with Gasteiger partial charge in [0, 0.05) is 118 Å². The molecule has 0 saturated carbocycles. The molecule has 6 heteroatoms. The van der Waals surface area contributed by atoms with Gasteiger partial charge in [0.15, 0.2) is 0 Å². The zero-order chi connectivity index (χ0) is 72.3. The van der Waals surface area contributed by atoms with E-state index in [0.29, 0.717) is 0 Å². The van der Waals surface area contributed by atoms with Crippen LogP contribution in [-0.4, -0.2) is 9.13 Å². The van der Waals surface area contributed by atoms with Crippen molar-refractivity contribution in [3.8, 4) is 67.0 Å². The largest absolute Gasteiger partial charge is 0.311 e. The summed E-state index contributed by atoms with van der Waals surface area (Å²) in [5, 5.41) is 14.8. The summed E-state index contributed by atoms with van der Waals surface area (Å²) in [6.07, 6.45) is 0. The van der Waals surface area contributed by atoms with Crippen LogP contribution in [-0.2, 0) is 0 Å². The highest BCUT2D eigenvalue weighted by atomic mass is 32.1. The molecule has 0 unspecified atom stereocenters. The predicted octanol–water partition coefficient (Wildman–Crippen LogP) is 30.2. The standard InChI is InChI=1S/C104H66N4S2/c1-3-22-67(23-4-1)68-44-51-79(52-45-68)105(78-31-5-2-6-32-78)80-53-46-70(47-54-80)90-63-83(65-94-88-37-13-17-42-101(88)109-103(90)94)107-97-39-15-11-35-86(97)92-61-77(50-57-99(92)107)73-29-19-28-72(58-73)74-30-20-33-82(59-74)106(96-41-21-27-69-24-9-10-34-85(69)96)81-55-48-71(49-56-81)91-64-84(66-95-89-38-14-18-43-102(89)110-104(91)95)108-98-40-16-12-36-87(98)93-60-75-25-7-8-26-76(75)62-100(93)108/h1-66H. The molecular formula is C104H66N4S2. The Bertz CT molecular complexity index is 7390. The Morgan fingerprint density at radius 1 is 0.191 bits per heavy atom. The van der Waals surface area contributed by atoms with E-state index in [1.54, 1.807) is 0 Å². The normalized spacial score (nSPS) is 11.8. The minimum Gasteiger partial charge on any atom is -0.311 e. The second-order valence-electron chi connectivity index (χ2n) is 28.7. The van der Waals surface area contributed by atoms with Crippen LogP contribution in [0.15, 0.2) is 400 Å². The molecule has 0 aliphatic rings. The molecule has 22 aromatic rings. The molecule has 514 valence electrons. The molecule has 22 rings (SSSR count). The molecule has 0 amide bonds. The quantitative estimate of drug-likeness (QED) is 0.114. The molecule has 0 saturated heterocycles. The third kappa shape index (κ3) is 10.6. The number of benzene rings is 18. The molecule has 0 aliphatic heterocycles. The average molecular weight is 1440 g/mol. The van der Waals surface area contributed by atoms with E-state index in [1.807, 2.05) is 22.7 Å². The highest BCUT2D eigenvalue weighted by Gasteiger charge is 2.24. The molecule has 18 aromatic carbocycles. The van der Waals surface area contributed by atoms with Gasteiger partial charge in [-0.2, -0.15) is 0 Å². The lowest BCUT2D eigenvalue weighted by Crippen LogP contribution is -2.10. The van der Waals surface area contributed by atoms with Gasteiger partial charge in [0.25, 0.3) is 0 Å². The lowest BCUT2D eigenvalue weighted by Gasteiger charge is -2.27. The van der Waals surface area contributed by atoms with Crippen molar-refractivity contribution >= 4 is 162 Å². The van der Waals surface area contributed by atoms with Crippen LogP contribution in [0.1, 0.15) is 0 Å². The van der Waals surface area contributed by atoms with Crippen LogP contribution in [0.2, 0.25) is 0 Å². The SMILES string of the molecule is c1ccc(-c2ccc(N(c3ccccc3)c3ccc(-c4cc(-n5c6ccccc6c6cc(-c7cccc(-c8cccc(N(c9ccc(-c%10cc(-n%11c%12ccccc%12c%12cc%13ccccc%13cc%12%11)cc%11c%10sc%10ccccc%10%11)cc9)c9cccc%10ccccc9%10)c8)c7)ccc65)cc5c4sc4ccccc45)cc3)cc2)cc1. The fraction of sp³-hybridized carbons (Fsp3) is 0. The Labute approximate surface area is 644 Å². The van der Waals surface area contributed by atoms with E-state index >= 15 is 0 Å². The van der Waals surface area contributed by atoms with Crippen LogP contribution in [0.5, 0.6) is 0 Å². The smallest absolute Gasteiger partial charge is 0.0547 e. The van der Waals surface area contributed by atoms with Crippen molar-refractivity contribution in [3.63, 3.8) is 0 Å². The second-order valence-corrected chi connectivity index (χ2v) is 30.8. The van der Waals surface area contributed by atoms with E-state index < -0.39 is 0 Å². The Morgan fingerprint density at radius 3 is 1.19 bits per heavy atom. The predicted molar refractivity (Wildman–Crippen MR) is 472 cm³/mol. The van der Waals surface area contributed by atoms with Gasteiger partial charge in [0.1, 0.15) is 0 Å². The number of aromatic nitrogens is 2. The monoisotopic (exact) mass is 1430 g/mol. The van der Waals surface area contributed by atoms with Crippen molar-refractivity contribution < 1.29 is 0 Å². The number of rotatable bonds is 13. The average Bonchev–Trinajstić information content (AvgIpc) is 1.57. The van der Waals surface area contributed by atoms with Gasteiger partial charge in [-0.3, -0.25) is 0 Å². The highest BCUT2D eigenvalue weighted by molar-refractivity contribution is 7.26. The lowest BCUT2D eigenvalue weighted by atomic mass is 9.97. The molecule has 0 spiro atoms. The molecular weight excluding hydrogens is 1370 g/mol. The molecule has 0 aliphatic carbocycles. The number of para-hydroxylation sites is 3. The number of hydrogen-bond acceptors (Lipinski definition) is 4. The summed E-state index contributed by atoms with van der Waals surface area (Å²) in [6, 6.07) is 148. The maximum absolute atomic E-state index is 2.49. The van der Waals surface area contributed by atoms with E-state index in [0.717, 1.165) is 73.3 Å². The van der Waals surface area contributed by atoms with Gasteiger partial charge in [0.2, 0.25) is 0 Å². The maximum atomic E-state index is 2.49. The second kappa shape index (κ2) is 26.0. The maximum Gasteiger partial charge on any atom is 0.0547 e. The van der Waals surface area contributed by atoms with Crippen LogP contribution >= 0.6 is 22.7 Å². The van der Waals surface area contributed by atoms with Gasteiger partial charge in [-0.05, 0) is 206 Å². The summed E-state index contributed by atoms with van der Waals surface area (Å²) in [5.74, 6) is 0. The van der Waals surface area contributed by atoms with Crippen LogP contribution in [0.25, 0.3) is 173 Å². The molecule has 4 nitrogen and oxygen atoms in total.